The zero-order chi connectivity index (χ0) is 10.1. The van der Waals surface area contributed by atoms with Crippen LogP contribution in [0.15, 0.2) is 0 Å². The number of carbonyl (C=O) groups excluding carboxylic acids is 2. The number of aliphatic hydroxyl groups excluding tert-OH is 1. The van der Waals surface area contributed by atoms with Gasteiger partial charge in [0.2, 0.25) is 5.91 Å². The number of hydrogen-bond donors (Lipinski definition) is 3. The molecule has 0 heterocycles. The molecule has 0 aliphatic rings. The first kappa shape index (κ1) is 13.4. The van der Waals surface area contributed by atoms with Crippen LogP contribution < -0.4 is 11.5 Å². The highest BCUT2D eigenvalue weighted by atomic mass is 16.5. The van der Waals surface area contributed by atoms with Crippen LogP contribution in [0.4, 0.5) is 0 Å². The molecule has 0 aliphatic heterocycles. The maximum Gasteiger partial charge on any atom is 0.325 e. The largest absolute Gasteiger partial charge is 0.468 e. The minimum Gasteiger partial charge on any atom is -0.468 e. The number of rotatable bonds is 2. The normalized spacial score (nSPS) is 10.7. The van der Waals surface area contributed by atoms with Gasteiger partial charge < -0.3 is 21.3 Å². The van der Waals surface area contributed by atoms with E-state index < -0.39 is 12.0 Å². The van der Waals surface area contributed by atoms with Crippen molar-refractivity contribution in [3.8, 4) is 0 Å². The molecule has 5 N–H and O–H groups in total. The lowest BCUT2D eigenvalue weighted by molar-refractivity contribution is -0.143. The Bertz CT molecular complexity index is 144. The highest BCUT2D eigenvalue weighted by Gasteiger charge is 2.10. The van der Waals surface area contributed by atoms with Gasteiger partial charge in [0.05, 0.1) is 13.7 Å². The summed E-state index contributed by atoms with van der Waals surface area (Å²) in [4.78, 5) is 19.5. The number of hydrogen-bond acceptors (Lipinski definition) is 5. The molecule has 0 saturated heterocycles. The molecule has 0 fully saturated rings. The van der Waals surface area contributed by atoms with Crippen molar-refractivity contribution in [1.29, 1.82) is 0 Å². The van der Waals surface area contributed by atoms with Gasteiger partial charge in [-0.25, -0.2) is 0 Å². The molecule has 0 aliphatic carbocycles. The molecule has 12 heavy (non-hydrogen) atoms. The lowest BCUT2D eigenvalue weighted by atomic mass is 10.3. The average Bonchev–Trinajstić information content (AvgIpc) is 2.00. The van der Waals surface area contributed by atoms with Crippen molar-refractivity contribution in [2.75, 3.05) is 13.7 Å². The molecule has 0 bridgehead atoms. The van der Waals surface area contributed by atoms with Crippen molar-refractivity contribution in [1.82, 2.24) is 0 Å². The SMILES string of the molecule is CC(N)=O.COC(=O)C(N)CO. The molecule has 0 radical (unpaired) electrons. The van der Waals surface area contributed by atoms with Crippen LogP contribution in [0.25, 0.3) is 0 Å². The van der Waals surface area contributed by atoms with Gasteiger partial charge in [-0.2, -0.15) is 0 Å². The number of carbonyl (C=O) groups is 2. The molecule has 6 heteroatoms. The van der Waals surface area contributed by atoms with Crippen LogP contribution in [0, 0.1) is 0 Å². The fourth-order valence-corrected chi connectivity index (χ4v) is 0.226. The van der Waals surface area contributed by atoms with Gasteiger partial charge in [-0.05, 0) is 0 Å². The first-order chi connectivity index (χ1) is 5.45. The third kappa shape index (κ3) is 11.6. The van der Waals surface area contributed by atoms with Crippen molar-refractivity contribution in [3.63, 3.8) is 0 Å². The summed E-state index contributed by atoms with van der Waals surface area (Å²) in [7, 11) is 1.22. The predicted octanol–water partition coefficient (Wildman–Crippen LogP) is -2.03. The van der Waals surface area contributed by atoms with Crippen molar-refractivity contribution >= 4 is 11.9 Å². The Morgan fingerprint density at radius 2 is 1.92 bits per heavy atom. The van der Waals surface area contributed by atoms with Crippen molar-refractivity contribution in [3.05, 3.63) is 0 Å². The molecular weight excluding hydrogens is 164 g/mol. The minimum absolute atomic E-state index is 0.333. The quantitative estimate of drug-likeness (QED) is 0.422. The van der Waals surface area contributed by atoms with Crippen molar-refractivity contribution in [2.24, 2.45) is 11.5 Å². The third-order valence-corrected chi connectivity index (χ3v) is 0.701. The van der Waals surface area contributed by atoms with Gasteiger partial charge in [-0.3, -0.25) is 9.59 Å². The Labute approximate surface area is 70.5 Å². The van der Waals surface area contributed by atoms with E-state index in [1.54, 1.807) is 0 Å². The van der Waals surface area contributed by atoms with Crippen LogP contribution in [0.1, 0.15) is 6.92 Å². The van der Waals surface area contributed by atoms with Gasteiger partial charge in [0, 0.05) is 6.92 Å². The van der Waals surface area contributed by atoms with E-state index in [2.05, 4.69) is 10.5 Å². The van der Waals surface area contributed by atoms with Gasteiger partial charge in [0.15, 0.2) is 0 Å². The van der Waals surface area contributed by atoms with E-state index in [0.29, 0.717) is 0 Å². The highest BCUT2D eigenvalue weighted by molar-refractivity contribution is 5.75. The van der Waals surface area contributed by atoms with Crippen molar-refractivity contribution < 1.29 is 19.4 Å². The van der Waals surface area contributed by atoms with Crippen LogP contribution in [0.2, 0.25) is 0 Å². The van der Waals surface area contributed by atoms with Gasteiger partial charge in [0.25, 0.3) is 0 Å². The molecule has 1 amide bonds. The molecule has 0 aromatic heterocycles. The molecule has 6 nitrogen and oxygen atoms in total. The Balaban J connectivity index is 0. The molecule has 1 atom stereocenters. The van der Waals surface area contributed by atoms with Crippen LogP contribution in [-0.2, 0) is 14.3 Å². The molecule has 72 valence electrons. The fourth-order valence-electron chi connectivity index (χ4n) is 0.226. The second kappa shape index (κ2) is 7.96. The average molecular weight is 178 g/mol. The fraction of sp³-hybridized carbons (Fsp3) is 0.667. The number of nitrogens with two attached hydrogens (primary N) is 2. The Morgan fingerprint density at radius 1 is 1.58 bits per heavy atom. The monoisotopic (exact) mass is 178 g/mol. The number of ether oxygens (including phenoxy) is 1. The topological polar surface area (TPSA) is 116 Å². The standard InChI is InChI=1S/C4H9NO3.C2H5NO/c1-8-4(7)3(5)2-6;1-2(3)4/h3,6H,2,5H2,1H3;1H3,(H2,3,4). The van der Waals surface area contributed by atoms with Gasteiger partial charge in [-0.15, -0.1) is 0 Å². The summed E-state index contributed by atoms with van der Waals surface area (Å²) in [5.41, 5.74) is 9.47. The summed E-state index contributed by atoms with van der Waals surface area (Å²) in [5, 5.41) is 8.21. The minimum atomic E-state index is -0.889. The van der Waals surface area contributed by atoms with E-state index in [-0.39, 0.29) is 12.5 Å². The Morgan fingerprint density at radius 3 is 2.00 bits per heavy atom. The van der Waals surface area contributed by atoms with Crippen LogP contribution in [0.3, 0.4) is 0 Å². The number of amides is 1. The van der Waals surface area contributed by atoms with Gasteiger partial charge in [0.1, 0.15) is 6.04 Å². The molecular formula is C6H14N2O4. The highest BCUT2D eigenvalue weighted by Crippen LogP contribution is 1.78. The summed E-state index contributed by atoms with van der Waals surface area (Å²) in [5.74, 6) is -0.924. The van der Waals surface area contributed by atoms with E-state index in [1.165, 1.54) is 14.0 Å². The maximum atomic E-state index is 10.2. The summed E-state index contributed by atoms with van der Waals surface area (Å²) in [6.45, 7) is 0.937. The number of esters is 1. The molecule has 0 spiro atoms. The Hall–Kier alpha value is -1.14. The maximum absolute atomic E-state index is 10.2. The molecule has 0 rings (SSSR count). The summed E-state index contributed by atoms with van der Waals surface area (Å²) in [6, 6.07) is -0.889. The molecule has 1 unspecified atom stereocenters. The first-order valence-corrected chi connectivity index (χ1v) is 3.16. The smallest absolute Gasteiger partial charge is 0.325 e. The zero-order valence-electron chi connectivity index (χ0n) is 7.11. The summed E-state index contributed by atoms with van der Waals surface area (Å²) >= 11 is 0. The third-order valence-electron chi connectivity index (χ3n) is 0.701. The summed E-state index contributed by atoms with van der Waals surface area (Å²) < 4.78 is 4.18. The predicted molar refractivity (Wildman–Crippen MR) is 41.9 cm³/mol. The molecule has 0 saturated carbocycles. The van der Waals surface area contributed by atoms with Gasteiger partial charge in [-0.1, -0.05) is 0 Å². The second-order valence-electron chi connectivity index (χ2n) is 1.92. The van der Waals surface area contributed by atoms with E-state index >= 15 is 0 Å². The lowest BCUT2D eigenvalue weighted by Gasteiger charge is -2.02. The van der Waals surface area contributed by atoms with Crippen LogP contribution >= 0.6 is 0 Å². The van der Waals surface area contributed by atoms with Crippen molar-refractivity contribution in [2.45, 2.75) is 13.0 Å². The molecule has 0 aromatic rings. The lowest BCUT2D eigenvalue weighted by Crippen LogP contribution is -2.34. The Kier molecular flexibility index (Phi) is 8.92. The van der Waals surface area contributed by atoms with Crippen LogP contribution in [-0.4, -0.2) is 36.7 Å². The summed E-state index contributed by atoms with van der Waals surface area (Å²) in [6.07, 6.45) is 0. The number of primary amides is 1. The van der Waals surface area contributed by atoms with E-state index in [4.69, 9.17) is 10.8 Å². The number of methoxy groups -OCH3 is 1. The van der Waals surface area contributed by atoms with E-state index in [0.717, 1.165) is 0 Å². The molecule has 0 aromatic carbocycles. The van der Waals surface area contributed by atoms with E-state index in [1.807, 2.05) is 0 Å². The van der Waals surface area contributed by atoms with Crippen LogP contribution in [0.5, 0.6) is 0 Å². The first-order valence-electron chi connectivity index (χ1n) is 3.16. The zero-order valence-corrected chi connectivity index (χ0v) is 7.11. The van der Waals surface area contributed by atoms with E-state index in [9.17, 15) is 9.59 Å². The number of aliphatic hydroxyl groups is 1. The van der Waals surface area contributed by atoms with Gasteiger partial charge >= 0.3 is 5.97 Å². The second-order valence-corrected chi connectivity index (χ2v) is 1.92.